The molecule has 204 valence electrons. The Bertz CT molecular complexity index is 1210. The van der Waals surface area contributed by atoms with Gasteiger partial charge >= 0.3 is 5.97 Å². The summed E-state index contributed by atoms with van der Waals surface area (Å²) in [5.74, 6) is -0.247. The van der Waals surface area contributed by atoms with Crippen LogP contribution in [0.3, 0.4) is 0 Å². The lowest BCUT2D eigenvalue weighted by Gasteiger charge is -2.61. The van der Waals surface area contributed by atoms with Crippen molar-refractivity contribution in [3.8, 4) is 0 Å². The number of hydrogen-bond acceptors (Lipinski definition) is 6. The van der Waals surface area contributed by atoms with Gasteiger partial charge in [-0.2, -0.15) is 0 Å². The quantitative estimate of drug-likeness (QED) is 0.436. The normalized spacial score (nSPS) is 38.7. The number of ketones is 1. The molecule has 0 radical (unpaired) electrons. The zero-order valence-corrected chi connectivity index (χ0v) is 23.1. The molecule has 0 spiro atoms. The monoisotopic (exact) mass is 519 g/mol. The highest BCUT2D eigenvalue weighted by molar-refractivity contribution is 5.85. The molecule has 3 saturated carbocycles. The minimum absolute atomic E-state index is 0.0522. The molecule has 1 aromatic carbocycles. The third kappa shape index (κ3) is 4.23. The molecular weight excluding hydrogens is 478 g/mol. The number of esters is 1. The molecule has 38 heavy (non-hydrogen) atoms. The highest BCUT2D eigenvalue weighted by Gasteiger charge is 2.68. The molecular formula is C31H41N3O4. The number of benzene rings is 1. The van der Waals surface area contributed by atoms with Gasteiger partial charge in [0.1, 0.15) is 18.4 Å². The molecule has 5 rings (SSSR count). The molecule has 7 nitrogen and oxygen atoms in total. The van der Waals surface area contributed by atoms with Crippen molar-refractivity contribution in [2.45, 2.75) is 85.0 Å². The van der Waals surface area contributed by atoms with Gasteiger partial charge in [0.2, 0.25) is 0 Å². The van der Waals surface area contributed by atoms with Gasteiger partial charge in [0.15, 0.2) is 0 Å². The first-order chi connectivity index (χ1) is 18.0. The Labute approximate surface area is 225 Å². The molecule has 0 unspecified atom stereocenters. The Hall–Kier alpha value is -2.80. The summed E-state index contributed by atoms with van der Waals surface area (Å²) in [5, 5.41) is 20.1. The van der Waals surface area contributed by atoms with Crippen LogP contribution >= 0.6 is 0 Å². The van der Waals surface area contributed by atoms with Gasteiger partial charge in [-0.05, 0) is 48.5 Å². The smallest absolute Gasteiger partial charge is 0.328 e. The van der Waals surface area contributed by atoms with Gasteiger partial charge in [-0.25, -0.2) is 4.68 Å². The van der Waals surface area contributed by atoms with Gasteiger partial charge < -0.3 is 9.84 Å². The maximum absolute atomic E-state index is 13.5. The van der Waals surface area contributed by atoms with Crippen molar-refractivity contribution < 1.29 is 19.4 Å². The molecule has 8 atom stereocenters. The number of aromatic nitrogens is 3. The third-order valence-corrected chi connectivity index (χ3v) is 10.7. The Morgan fingerprint density at radius 2 is 1.97 bits per heavy atom. The number of aliphatic hydroxyl groups excluding tert-OH is 1. The second-order valence-electron chi connectivity index (χ2n) is 12.6. The average molecular weight is 520 g/mol. The molecule has 1 N–H and O–H groups in total. The van der Waals surface area contributed by atoms with E-state index in [-0.39, 0.29) is 35.5 Å². The molecule has 3 aliphatic rings. The molecule has 3 aliphatic carbocycles. The summed E-state index contributed by atoms with van der Waals surface area (Å²) in [6.45, 7) is 12.5. The summed E-state index contributed by atoms with van der Waals surface area (Å²) in [5.41, 5.74) is 0.437. The number of hydrogen-bond donors (Lipinski definition) is 1. The number of aliphatic hydroxyl groups is 1. The number of rotatable bonds is 6. The number of carbonyl (C=O) groups is 2. The Kier molecular flexibility index (Phi) is 6.87. The van der Waals surface area contributed by atoms with E-state index < -0.39 is 29.0 Å². The minimum Gasteiger partial charge on any atom is -0.460 e. The van der Waals surface area contributed by atoms with Crippen molar-refractivity contribution in [1.82, 2.24) is 15.0 Å². The third-order valence-electron chi connectivity index (χ3n) is 10.7. The van der Waals surface area contributed by atoms with Crippen LogP contribution in [0.1, 0.15) is 71.1 Å². The van der Waals surface area contributed by atoms with Crippen LogP contribution in [0.5, 0.6) is 0 Å². The molecule has 0 amide bonds. The maximum atomic E-state index is 13.5. The summed E-state index contributed by atoms with van der Waals surface area (Å²) in [4.78, 5) is 26.9. The number of nitrogens with zero attached hydrogens (tertiary/aromatic N) is 3. The Balaban J connectivity index is 1.43. The fraction of sp³-hybridized carbons (Fsp3) is 0.613. The molecule has 0 aliphatic heterocycles. The first kappa shape index (κ1) is 26.8. The van der Waals surface area contributed by atoms with Crippen LogP contribution in [-0.2, 0) is 27.3 Å². The average Bonchev–Trinajstić information content (AvgIpc) is 3.49. The van der Waals surface area contributed by atoms with E-state index >= 15 is 0 Å². The van der Waals surface area contributed by atoms with Gasteiger partial charge in [-0.1, -0.05) is 69.3 Å². The van der Waals surface area contributed by atoms with Crippen LogP contribution in [0, 0.1) is 34.0 Å². The lowest BCUT2D eigenvalue weighted by molar-refractivity contribution is -0.207. The van der Waals surface area contributed by atoms with E-state index in [0.717, 1.165) is 30.5 Å². The molecule has 3 fully saturated rings. The van der Waals surface area contributed by atoms with Crippen molar-refractivity contribution in [3.63, 3.8) is 0 Å². The van der Waals surface area contributed by atoms with Gasteiger partial charge in [0.05, 0.1) is 11.8 Å². The van der Waals surface area contributed by atoms with Gasteiger partial charge in [0, 0.05) is 35.8 Å². The summed E-state index contributed by atoms with van der Waals surface area (Å²) in [6, 6.07) is 10.0. The second kappa shape index (κ2) is 9.74. The zero-order valence-electron chi connectivity index (χ0n) is 23.1. The SMILES string of the molecule is C=C[C@]1(C)C[C@@H](OC(=O)Cn2cc(Cc3ccccc3)nn2)[C@]2(C)[C@H](C)CC[C@]3(CCC(=O)[C@@H]32)[C@@H](C)[C@@H]1O. The van der Waals surface area contributed by atoms with Crippen LogP contribution in [-0.4, -0.2) is 44.1 Å². The van der Waals surface area contributed by atoms with Crippen LogP contribution in [0.4, 0.5) is 0 Å². The lowest BCUT2D eigenvalue weighted by atomic mass is 9.44. The molecule has 2 bridgehead atoms. The van der Waals surface area contributed by atoms with Crippen LogP contribution < -0.4 is 0 Å². The van der Waals surface area contributed by atoms with E-state index in [4.69, 9.17) is 4.74 Å². The van der Waals surface area contributed by atoms with E-state index in [9.17, 15) is 14.7 Å². The molecule has 7 heteroatoms. The molecule has 1 aromatic heterocycles. The van der Waals surface area contributed by atoms with E-state index in [1.54, 1.807) is 6.20 Å². The minimum atomic E-state index is -0.677. The number of Topliss-reactive ketones (excluding diaryl/α,β-unsaturated/α-hetero) is 1. The van der Waals surface area contributed by atoms with Gasteiger partial charge in [-0.3, -0.25) is 9.59 Å². The summed E-state index contributed by atoms with van der Waals surface area (Å²) in [7, 11) is 0. The van der Waals surface area contributed by atoms with Gasteiger partial charge in [0.25, 0.3) is 0 Å². The van der Waals surface area contributed by atoms with Crippen LogP contribution in [0.15, 0.2) is 49.2 Å². The predicted molar refractivity (Wildman–Crippen MR) is 144 cm³/mol. The van der Waals surface area contributed by atoms with E-state index in [1.165, 1.54) is 4.68 Å². The number of carbonyl (C=O) groups excluding carboxylic acids is 2. The summed E-state index contributed by atoms with van der Waals surface area (Å²) < 4.78 is 7.83. The maximum Gasteiger partial charge on any atom is 0.328 e. The van der Waals surface area contributed by atoms with Crippen LogP contribution in [0.2, 0.25) is 0 Å². The summed E-state index contributed by atoms with van der Waals surface area (Å²) in [6.07, 6.45) is 6.61. The number of ether oxygens (including phenoxy) is 1. The lowest BCUT2D eigenvalue weighted by Crippen LogP contribution is -2.63. The largest absolute Gasteiger partial charge is 0.460 e. The second-order valence-corrected chi connectivity index (χ2v) is 12.6. The summed E-state index contributed by atoms with van der Waals surface area (Å²) >= 11 is 0. The standard InChI is InChI=1S/C31H41N3O4/c1-6-29(4)17-25(38-26(36)19-34-18-23(32-33-34)16-22-10-8-7-9-11-22)30(5)20(2)12-14-31(21(3)28(29)37)15-13-24(35)27(30)31/h6-11,18,20-21,25,27-28,37H,1,12-17,19H2,2-5H3/t20-,21+,25-,27-,28+,29-,30+,31+/m1/s1. The van der Waals surface area contributed by atoms with Crippen molar-refractivity contribution in [3.05, 3.63) is 60.4 Å². The first-order valence-corrected chi connectivity index (χ1v) is 14.0. The predicted octanol–water partition coefficient (Wildman–Crippen LogP) is 4.78. The molecule has 2 aromatic rings. The van der Waals surface area contributed by atoms with Crippen LogP contribution in [0.25, 0.3) is 0 Å². The van der Waals surface area contributed by atoms with Crippen molar-refractivity contribution >= 4 is 11.8 Å². The van der Waals surface area contributed by atoms with Crippen molar-refractivity contribution in [1.29, 1.82) is 0 Å². The van der Waals surface area contributed by atoms with E-state index in [2.05, 4.69) is 37.7 Å². The Morgan fingerprint density at radius 3 is 2.68 bits per heavy atom. The van der Waals surface area contributed by atoms with Crippen molar-refractivity contribution in [2.75, 3.05) is 0 Å². The fourth-order valence-electron chi connectivity index (χ4n) is 8.13. The van der Waals surface area contributed by atoms with Gasteiger partial charge in [-0.15, -0.1) is 11.7 Å². The molecule has 0 saturated heterocycles. The molecule has 1 heterocycles. The van der Waals surface area contributed by atoms with Crippen molar-refractivity contribution in [2.24, 2.45) is 34.0 Å². The fourth-order valence-corrected chi connectivity index (χ4v) is 8.13. The highest BCUT2D eigenvalue weighted by atomic mass is 16.5. The van der Waals surface area contributed by atoms with E-state index in [1.807, 2.05) is 43.3 Å². The first-order valence-electron chi connectivity index (χ1n) is 14.0. The highest BCUT2D eigenvalue weighted by Crippen LogP contribution is 2.68. The topological polar surface area (TPSA) is 94.3 Å². The Morgan fingerprint density at radius 1 is 1.24 bits per heavy atom. The zero-order chi connectivity index (χ0) is 27.3. The van der Waals surface area contributed by atoms with E-state index in [0.29, 0.717) is 19.3 Å².